The minimum Gasteiger partial charge on any atom is -0.390 e. The Bertz CT molecular complexity index is 718. The Morgan fingerprint density at radius 3 is 2.50 bits per heavy atom. The van der Waals surface area contributed by atoms with E-state index in [9.17, 15) is 13.2 Å². The summed E-state index contributed by atoms with van der Waals surface area (Å²) in [5, 5.41) is 12.3. The van der Waals surface area contributed by atoms with Gasteiger partial charge in [-0.2, -0.15) is 18.4 Å². The first kappa shape index (κ1) is 15.6. The number of halogens is 3. The van der Waals surface area contributed by atoms with Gasteiger partial charge < -0.3 is 4.84 Å². The second-order valence-corrected chi connectivity index (χ2v) is 4.37. The molecule has 0 bridgehead atoms. The van der Waals surface area contributed by atoms with Crippen LogP contribution in [0.15, 0.2) is 53.7 Å². The van der Waals surface area contributed by atoms with Crippen molar-refractivity contribution in [3.8, 4) is 6.07 Å². The molecule has 0 spiro atoms. The average molecular weight is 303 g/mol. The van der Waals surface area contributed by atoms with Crippen molar-refractivity contribution in [1.82, 2.24) is 0 Å². The zero-order valence-electron chi connectivity index (χ0n) is 11.3. The predicted octanol–water partition coefficient (Wildman–Crippen LogP) is 4.00. The fraction of sp³-hybridized carbons (Fsp3) is 0.125. The van der Waals surface area contributed by atoms with Crippen LogP contribution in [0.2, 0.25) is 0 Å². The Kier molecular flexibility index (Phi) is 4.79. The van der Waals surface area contributed by atoms with E-state index in [4.69, 9.17) is 10.1 Å². The SMILES string of the molecule is N#Cc1cccc(/[C]=N\OCc2cccc(C(F)(F)F)c2)c1. The quantitative estimate of drug-likeness (QED) is 0.633. The van der Waals surface area contributed by atoms with Crippen molar-refractivity contribution < 1.29 is 18.0 Å². The van der Waals surface area contributed by atoms with Crippen LogP contribution in [0.3, 0.4) is 0 Å². The molecule has 0 amide bonds. The molecule has 0 fully saturated rings. The van der Waals surface area contributed by atoms with Crippen LogP contribution in [0.4, 0.5) is 13.2 Å². The van der Waals surface area contributed by atoms with Crippen molar-refractivity contribution in [2.24, 2.45) is 5.16 Å². The maximum absolute atomic E-state index is 12.5. The third kappa shape index (κ3) is 4.35. The van der Waals surface area contributed by atoms with Crippen LogP contribution in [0.1, 0.15) is 22.3 Å². The van der Waals surface area contributed by atoms with Crippen molar-refractivity contribution in [1.29, 1.82) is 5.26 Å². The normalized spacial score (nSPS) is 11.4. The highest BCUT2D eigenvalue weighted by Crippen LogP contribution is 2.29. The minimum atomic E-state index is -4.39. The van der Waals surface area contributed by atoms with Crippen LogP contribution in [0.5, 0.6) is 0 Å². The molecule has 6 heteroatoms. The van der Waals surface area contributed by atoms with E-state index in [1.807, 2.05) is 6.07 Å². The standard InChI is InChI=1S/C16H10F3N2O/c17-16(18,19)15-6-2-5-14(8-15)11-22-21-10-13-4-1-3-12(7-13)9-20/h1-8H,11H2. The van der Waals surface area contributed by atoms with Gasteiger partial charge in [0.1, 0.15) is 12.8 Å². The lowest BCUT2D eigenvalue weighted by Crippen LogP contribution is -2.05. The van der Waals surface area contributed by atoms with Gasteiger partial charge in [0, 0.05) is 5.56 Å². The Morgan fingerprint density at radius 2 is 1.77 bits per heavy atom. The largest absolute Gasteiger partial charge is 0.416 e. The van der Waals surface area contributed by atoms with Crippen molar-refractivity contribution >= 4 is 6.21 Å². The molecule has 111 valence electrons. The first-order valence-corrected chi connectivity index (χ1v) is 6.23. The monoisotopic (exact) mass is 303 g/mol. The number of rotatable bonds is 4. The van der Waals surface area contributed by atoms with Gasteiger partial charge in [0.15, 0.2) is 0 Å². The molecule has 2 aromatic carbocycles. The molecule has 0 aromatic heterocycles. The molecule has 2 aromatic rings. The summed E-state index contributed by atoms with van der Waals surface area (Å²) in [7, 11) is 0. The van der Waals surface area contributed by atoms with Gasteiger partial charge in [-0.25, -0.2) is 0 Å². The number of benzene rings is 2. The Morgan fingerprint density at radius 1 is 1.05 bits per heavy atom. The van der Waals surface area contributed by atoms with Crippen LogP contribution in [0.25, 0.3) is 0 Å². The van der Waals surface area contributed by atoms with Crippen molar-refractivity contribution in [3.63, 3.8) is 0 Å². The van der Waals surface area contributed by atoms with E-state index in [-0.39, 0.29) is 6.61 Å². The van der Waals surface area contributed by atoms with E-state index >= 15 is 0 Å². The van der Waals surface area contributed by atoms with Crippen molar-refractivity contribution in [2.45, 2.75) is 12.8 Å². The van der Waals surface area contributed by atoms with Crippen LogP contribution in [0, 0.1) is 11.3 Å². The van der Waals surface area contributed by atoms with Gasteiger partial charge in [-0.15, -0.1) is 0 Å². The Hall–Kier alpha value is -2.81. The second kappa shape index (κ2) is 6.76. The van der Waals surface area contributed by atoms with E-state index in [1.165, 1.54) is 12.1 Å². The molecule has 0 heterocycles. The van der Waals surface area contributed by atoms with E-state index in [1.54, 1.807) is 24.3 Å². The topological polar surface area (TPSA) is 45.4 Å². The summed E-state index contributed by atoms with van der Waals surface area (Å²) in [4.78, 5) is 4.93. The molecule has 1 radical (unpaired) electrons. The zero-order chi connectivity index (χ0) is 16.0. The maximum Gasteiger partial charge on any atom is 0.416 e. The molecule has 0 N–H and O–H groups in total. The lowest BCUT2D eigenvalue weighted by molar-refractivity contribution is -0.137. The van der Waals surface area contributed by atoms with Crippen LogP contribution in [-0.4, -0.2) is 6.21 Å². The first-order valence-electron chi connectivity index (χ1n) is 6.23. The average Bonchev–Trinajstić information content (AvgIpc) is 2.51. The lowest BCUT2D eigenvalue weighted by atomic mass is 10.1. The van der Waals surface area contributed by atoms with E-state index in [0.29, 0.717) is 16.7 Å². The molecule has 3 nitrogen and oxygen atoms in total. The summed E-state index contributed by atoms with van der Waals surface area (Å²) in [6.45, 7) is -0.102. The fourth-order valence-electron chi connectivity index (χ4n) is 1.69. The Balaban J connectivity index is 1.96. The van der Waals surface area contributed by atoms with Crippen molar-refractivity contribution in [3.05, 3.63) is 70.8 Å². The molecule has 0 aliphatic heterocycles. The number of nitrogens with zero attached hydrogens (tertiary/aromatic N) is 2. The summed E-state index contributed by atoms with van der Waals surface area (Å²) >= 11 is 0. The van der Waals surface area contributed by atoms with Crippen LogP contribution >= 0.6 is 0 Å². The molecule has 2 rings (SSSR count). The van der Waals surface area contributed by atoms with Gasteiger partial charge in [-0.05, 0) is 29.8 Å². The van der Waals surface area contributed by atoms with Crippen LogP contribution < -0.4 is 0 Å². The number of hydrogen-bond donors (Lipinski definition) is 0. The van der Waals surface area contributed by atoms with E-state index < -0.39 is 11.7 Å². The molecular formula is C16H10F3N2O. The fourth-order valence-corrected chi connectivity index (χ4v) is 1.69. The summed E-state index contributed by atoms with van der Waals surface area (Å²) < 4.78 is 37.6. The van der Waals surface area contributed by atoms with E-state index in [2.05, 4.69) is 11.4 Å². The molecule has 0 saturated carbocycles. The highest BCUT2D eigenvalue weighted by atomic mass is 19.4. The number of hydrogen-bond acceptors (Lipinski definition) is 3. The van der Waals surface area contributed by atoms with Crippen LogP contribution in [-0.2, 0) is 17.6 Å². The van der Waals surface area contributed by atoms with Gasteiger partial charge >= 0.3 is 6.18 Å². The Labute approximate surface area is 125 Å². The summed E-state index contributed by atoms with van der Waals surface area (Å²) in [6, 6.07) is 13.3. The summed E-state index contributed by atoms with van der Waals surface area (Å²) in [6.07, 6.45) is -1.82. The molecule has 0 saturated heterocycles. The van der Waals surface area contributed by atoms with Gasteiger partial charge in [-0.3, -0.25) is 0 Å². The van der Waals surface area contributed by atoms with E-state index in [0.717, 1.165) is 12.1 Å². The molecule has 0 aliphatic rings. The third-order valence-electron chi connectivity index (χ3n) is 2.72. The summed E-state index contributed by atoms with van der Waals surface area (Å²) in [5.74, 6) is 0. The maximum atomic E-state index is 12.5. The molecule has 0 aliphatic carbocycles. The zero-order valence-corrected chi connectivity index (χ0v) is 11.3. The van der Waals surface area contributed by atoms with Crippen molar-refractivity contribution in [2.75, 3.05) is 0 Å². The smallest absolute Gasteiger partial charge is 0.390 e. The van der Waals surface area contributed by atoms with Gasteiger partial charge in [0.05, 0.1) is 17.2 Å². The summed E-state index contributed by atoms with van der Waals surface area (Å²) in [5.41, 5.74) is 0.621. The third-order valence-corrected chi connectivity index (χ3v) is 2.72. The molecule has 0 atom stereocenters. The molecule has 0 unspecified atom stereocenters. The highest BCUT2D eigenvalue weighted by molar-refractivity contribution is 5.79. The van der Waals surface area contributed by atoms with Gasteiger partial charge in [-0.1, -0.05) is 29.4 Å². The second-order valence-electron chi connectivity index (χ2n) is 4.37. The van der Waals surface area contributed by atoms with Gasteiger partial charge in [0.25, 0.3) is 0 Å². The number of alkyl halides is 3. The first-order chi connectivity index (χ1) is 10.5. The number of nitriles is 1. The minimum absolute atomic E-state index is 0.102. The lowest BCUT2D eigenvalue weighted by Gasteiger charge is -2.07. The molecular weight excluding hydrogens is 293 g/mol. The highest BCUT2D eigenvalue weighted by Gasteiger charge is 2.30. The predicted molar refractivity (Wildman–Crippen MR) is 73.9 cm³/mol. The molecule has 22 heavy (non-hydrogen) atoms. The van der Waals surface area contributed by atoms with Gasteiger partial charge in [0.2, 0.25) is 0 Å².